The van der Waals surface area contributed by atoms with E-state index in [0.717, 1.165) is 24.4 Å². The van der Waals surface area contributed by atoms with Crippen molar-refractivity contribution < 1.29 is 4.74 Å². The molecule has 3 rings (SSSR count). The largest absolute Gasteiger partial charge is 0.487 e. The Balaban J connectivity index is 1.67. The summed E-state index contributed by atoms with van der Waals surface area (Å²) in [7, 11) is 0. The second kappa shape index (κ2) is 5.07. The van der Waals surface area contributed by atoms with E-state index < -0.39 is 0 Å². The van der Waals surface area contributed by atoms with Gasteiger partial charge in [0.2, 0.25) is 0 Å². The lowest BCUT2D eigenvalue weighted by molar-refractivity contribution is 0.137. The molecule has 0 radical (unpaired) electrons. The molecule has 2 heterocycles. The van der Waals surface area contributed by atoms with Crippen molar-refractivity contribution in [3.63, 3.8) is 0 Å². The molecule has 5 heteroatoms. The normalized spacial score (nSPS) is 15.9. The second-order valence-corrected chi connectivity index (χ2v) is 6.56. The number of ether oxygens (including phenoxy) is 1. The van der Waals surface area contributed by atoms with Crippen molar-refractivity contribution in [1.82, 2.24) is 10.3 Å². The third-order valence-corrected chi connectivity index (χ3v) is 4.09. The van der Waals surface area contributed by atoms with Gasteiger partial charge in [0.05, 0.1) is 0 Å². The van der Waals surface area contributed by atoms with Gasteiger partial charge in [0.15, 0.2) is 0 Å². The molecule has 1 aliphatic rings. The Morgan fingerprint density at radius 2 is 2.25 bits per heavy atom. The smallest absolute Gasteiger partial charge is 0.304 e. The van der Waals surface area contributed by atoms with E-state index in [2.05, 4.69) is 42.3 Å². The van der Waals surface area contributed by atoms with Crippen LogP contribution in [0, 0.1) is 0 Å². The van der Waals surface area contributed by atoms with Crippen LogP contribution in [0.4, 0.5) is 0 Å². The van der Waals surface area contributed by atoms with Gasteiger partial charge in [0.1, 0.15) is 11.4 Å². The molecule has 0 unspecified atom stereocenters. The Bertz CT molecular complexity index is 673. The fourth-order valence-electron chi connectivity index (χ4n) is 2.55. The molecule has 106 valence electrons. The third-order valence-electron chi connectivity index (χ3n) is 3.37. The van der Waals surface area contributed by atoms with Gasteiger partial charge in [-0.2, -0.15) is 0 Å². The van der Waals surface area contributed by atoms with Gasteiger partial charge < -0.3 is 15.0 Å². The molecule has 4 nitrogen and oxygen atoms in total. The van der Waals surface area contributed by atoms with Crippen LogP contribution in [-0.4, -0.2) is 10.6 Å². The second-order valence-electron chi connectivity index (χ2n) is 5.72. The number of hydrogen-bond acceptors (Lipinski definition) is 4. The van der Waals surface area contributed by atoms with Gasteiger partial charge in [-0.25, -0.2) is 0 Å². The van der Waals surface area contributed by atoms with Crippen molar-refractivity contribution in [2.24, 2.45) is 0 Å². The van der Waals surface area contributed by atoms with E-state index in [4.69, 9.17) is 4.74 Å². The topological polar surface area (TPSA) is 54.1 Å². The van der Waals surface area contributed by atoms with Crippen LogP contribution in [0.15, 0.2) is 28.4 Å². The summed E-state index contributed by atoms with van der Waals surface area (Å²) in [5.41, 5.74) is 3.26. The van der Waals surface area contributed by atoms with Crippen LogP contribution in [0.3, 0.4) is 0 Å². The Morgan fingerprint density at radius 3 is 3.00 bits per heavy atom. The lowest BCUT2D eigenvalue weighted by Crippen LogP contribution is -2.25. The van der Waals surface area contributed by atoms with E-state index in [1.165, 1.54) is 22.5 Å². The number of para-hydroxylation sites is 1. The van der Waals surface area contributed by atoms with Crippen molar-refractivity contribution in [2.45, 2.75) is 39.0 Å². The lowest BCUT2D eigenvalue weighted by Gasteiger charge is -2.18. The van der Waals surface area contributed by atoms with Crippen molar-refractivity contribution in [3.8, 4) is 5.75 Å². The van der Waals surface area contributed by atoms with Crippen LogP contribution in [0.25, 0.3) is 0 Å². The number of H-pyrrole nitrogens is 1. The predicted molar refractivity (Wildman–Crippen MR) is 80.3 cm³/mol. The van der Waals surface area contributed by atoms with Crippen molar-refractivity contribution in [1.29, 1.82) is 0 Å². The third kappa shape index (κ3) is 2.78. The number of nitrogens with one attached hydrogen (secondary N) is 2. The summed E-state index contributed by atoms with van der Waals surface area (Å²) in [6.45, 7) is 5.61. The van der Waals surface area contributed by atoms with Crippen LogP contribution in [0.1, 0.15) is 30.7 Å². The fraction of sp³-hybridized carbons (Fsp3) is 0.400. The first-order valence-corrected chi connectivity index (χ1v) is 7.59. The summed E-state index contributed by atoms with van der Waals surface area (Å²) in [5, 5.41) is 5.20. The molecule has 1 aromatic heterocycles. The highest BCUT2D eigenvalue weighted by Crippen LogP contribution is 2.37. The monoisotopic (exact) mass is 290 g/mol. The minimum atomic E-state index is -0.114. The number of benzene rings is 1. The first kappa shape index (κ1) is 13.4. The Hall–Kier alpha value is -1.59. The van der Waals surface area contributed by atoms with Crippen LogP contribution < -0.4 is 14.9 Å². The zero-order valence-electron chi connectivity index (χ0n) is 11.7. The molecule has 0 saturated carbocycles. The van der Waals surface area contributed by atoms with E-state index in [0.29, 0.717) is 6.54 Å². The molecule has 2 aromatic rings. The van der Waals surface area contributed by atoms with Gasteiger partial charge in [-0.1, -0.05) is 29.5 Å². The molecule has 2 N–H and O–H groups in total. The maximum Gasteiger partial charge on any atom is 0.304 e. The van der Waals surface area contributed by atoms with Crippen LogP contribution in [0.5, 0.6) is 5.75 Å². The Labute approximate surface area is 121 Å². The van der Waals surface area contributed by atoms with E-state index in [1.54, 1.807) is 0 Å². The molecule has 0 atom stereocenters. The van der Waals surface area contributed by atoms with Crippen LogP contribution in [-0.2, 0) is 19.5 Å². The zero-order valence-corrected chi connectivity index (χ0v) is 12.5. The zero-order chi connectivity index (χ0) is 14.2. The summed E-state index contributed by atoms with van der Waals surface area (Å²) in [4.78, 5) is 13.9. The first-order chi connectivity index (χ1) is 9.53. The molecule has 0 aliphatic carbocycles. The highest BCUT2D eigenvalue weighted by molar-refractivity contribution is 7.07. The molecule has 1 aliphatic heterocycles. The van der Waals surface area contributed by atoms with E-state index in [9.17, 15) is 4.79 Å². The van der Waals surface area contributed by atoms with Gasteiger partial charge in [0.25, 0.3) is 0 Å². The highest BCUT2D eigenvalue weighted by atomic mass is 32.1. The standard InChI is InChI=1S/C15H18N2O2S/c1-15(2)6-10-4-3-5-11(13(10)19-15)7-16-8-12-9-20-14(18)17-12/h3-5,9,16H,6-8H2,1-2H3,(H,17,18). The lowest BCUT2D eigenvalue weighted by atomic mass is 10.0. The number of hydrogen-bond donors (Lipinski definition) is 2. The maximum atomic E-state index is 11.1. The molecule has 0 bridgehead atoms. The number of fused-ring (bicyclic) bond motifs is 1. The summed E-state index contributed by atoms with van der Waals surface area (Å²) in [6.07, 6.45) is 0.952. The Kier molecular flexibility index (Phi) is 3.40. The van der Waals surface area contributed by atoms with Crippen molar-refractivity contribution in [2.75, 3.05) is 0 Å². The maximum absolute atomic E-state index is 11.1. The van der Waals surface area contributed by atoms with Gasteiger partial charge in [0, 0.05) is 36.1 Å². The van der Waals surface area contributed by atoms with Gasteiger partial charge in [-0.05, 0) is 19.4 Å². The molecule has 0 fully saturated rings. The van der Waals surface area contributed by atoms with E-state index >= 15 is 0 Å². The number of aromatic amines is 1. The first-order valence-electron chi connectivity index (χ1n) is 6.71. The average Bonchev–Trinajstić information content (AvgIpc) is 2.91. The van der Waals surface area contributed by atoms with E-state index in [1.807, 2.05) is 5.38 Å². The minimum absolute atomic E-state index is 0.00696. The van der Waals surface area contributed by atoms with Crippen LogP contribution in [0.2, 0.25) is 0 Å². The molecular weight excluding hydrogens is 272 g/mol. The van der Waals surface area contributed by atoms with Crippen LogP contribution >= 0.6 is 11.3 Å². The van der Waals surface area contributed by atoms with Crippen molar-refractivity contribution in [3.05, 3.63) is 50.1 Å². The Morgan fingerprint density at radius 1 is 1.40 bits per heavy atom. The molecule has 0 spiro atoms. The minimum Gasteiger partial charge on any atom is -0.487 e. The number of rotatable bonds is 4. The van der Waals surface area contributed by atoms with Gasteiger partial charge in [-0.15, -0.1) is 0 Å². The molecule has 0 saturated heterocycles. The summed E-state index contributed by atoms with van der Waals surface area (Å²) in [6, 6.07) is 6.29. The summed E-state index contributed by atoms with van der Waals surface area (Å²) < 4.78 is 6.04. The molecule has 0 amide bonds. The number of thiazole rings is 1. The molecule has 1 aromatic carbocycles. The number of aromatic nitrogens is 1. The van der Waals surface area contributed by atoms with E-state index in [-0.39, 0.29) is 10.5 Å². The molecule has 20 heavy (non-hydrogen) atoms. The summed E-state index contributed by atoms with van der Waals surface area (Å²) >= 11 is 1.19. The quantitative estimate of drug-likeness (QED) is 0.909. The average molecular weight is 290 g/mol. The fourth-order valence-corrected chi connectivity index (χ4v) is 3.13. The SMILES string of the molecule is CC1(C)Cc2cccc(CNCc3csc(=O)[nH]3)c2O1. The molecular formula is C15H18N2O2S. The van der Waals surface area contributed by atoms with Gasteiger partial charge in [-0.3, -0.25) is 4.79 Å². The highest BCUT2D eigenvalue weighted by Gasteiger charge is 2.31. The summed E-state index contributed by atoms with van der Waals surface area (Å²) in [5.74, 6) is 1.02. The van der Waals surface area contributed by atoms with Gasteiger partial charge >= 0.3 is 4.87 Å². The predicted octanol–water partition coefficient (Wildman–Crippen LogP) is 2.44. The van der Waals surface area contributed by atoms with Crippen molar-refractivity contribution >= 4 is 11.3 Å².